The summed E-state index contributed by atoms with van der Waals surface area (Å²) >= 11 is 0. The standard InChI is InChI=1S/C24H28N2O2/c1-16-12-18(3)24-20(14-23(27)28-22(24)13-16)15-25-8-10-26(11-9-25)21-7-5-6-17(2)19(21)4/h5-7,12-14H,8-11,15H2,1-4H3. The number of hydrogen-bond acceptors (Lipinski definition) is 4. The van der Waals surface area contributed by atoms with Crippen LogP contribution in [0.5, 0.6) is 0 Å². The van der Waals surface area contributed by atoms with Crippen LogP contribution in [0.3, 0.4) is 0 Å². The summed E-state index contributed by atoms with van der Waals surface area (Å²) in [5.74, 6) is 0. The first-order chi connectivity index (χ1) is 13.4. The minimum absolute atomic E-state index is 0.262. The maximum absolute atomic E-state index is 12.1. The van der Waals surface area contributed by atoms with Gasteiger partial charge in [-0.25, -0.2) is 4.79 Å². The SMILES string of the molecule is Cc1cc(C)c2c(CN3CCN(c4cccc(C)c4C)CC3)cc(=O)oc2c1. The molecule has 4 heteroatoms. The van der Waals surface area contributed by atoms with Crippen molar-refractivity contribution in [3.63, 3.8) is 0 Å². The largest absolute Gasteiger partial charge is 0.423 e. The molecule has 28 heavy (non-hydrogen) atoms. The minimum Gasteiger partial charge on any atom is -0.423 e. The Labute approximate surface area is 166 Å². The first kappa shape index (κ1) is 18.8. The molecular formula is C24H28N2O2. The quantitative estimate of drug-likeness (QED) is 0.637. The topological polar surface area (TPSA) is 36.7 Å². The van der Waals surface area contributed by atoms with Crippen LogP contribution in [-0.4, -0.2) is 31.1 Å². The normalized spacial score (nSPS) is 15.4. The lowest BCUT2D eigenvalue weighted by atomic mass is 10.0. The van der Waals surface area contributed by atoms with Gasteiger partial charge in [0.25, 0.3) is 0 Å². The Morgan fingerprint density at radius 3 is 2.43 bits per heavy atom. The summed E-state index contributed by atoms with van der Waals surface area (Å²) in [6, 6.07) is 12.3. The van der Waals surface area contributed by atoms with Crippen molar-refractivity contribution in [1.29, 1.82) is 0 Å². The second-order valence-electron chi connectivity index (χ2n) is 8.03. The Bertz CT molecular complexity index is 1080. The number of aryl methyl sites for hydroxylation is 3. The molecule has 146 valence electrons. The molecule has 2 heterocycles. The molecule has 0 amide bonds. The van der Waals surface area contributed by atoms with Gasteiger partial charge in [0.15, 0.2) is 0 Å². The van der Waals surface area contributed by atoms with E-state index in [1.54, 1.807) is 6.07 Å². The number of rotatable bonds is 3. The molecule has 0 atom stereocenters. The van der Waals surface area contributed by atoms with Gasteiger partial charge in [-0.2, -0.15) is 0 Å². The van der Waals surface area contributed by atoms with E-state index >= 15 is 0 Å². The average Bonchev–Trinajstić information content (AvgIpc) is 2.64. The first-order valence-corrected chi connectivity index (χ1v) is 10.00. The van der Waals surface area contributed by atoms with Crippen molar-refractivity contribution in [2.24, 2.45) is 0 Å². The van der Waals surface area contributed by atoms with Gasteiger partial charge in [0.1, 0.15) is 5.58 Å². The van der Waals surface area contributed by atoms with Gasteiger partial charge < -0.3 is 9.32 Å². The highest BCUT2D eigenvalue weighted by molar-refractivity contribution is 5.84. The summed E-state index contributed by atoms with van der Waals surface area (Å²) in [7, 11) is 0. The van der Waals surface area contributed by atoms with Crippen molar-refractivity contribution in [2.45, 2.75) is 34.2 Å². The van der Waals surface area contributed by atoms with E-state index in [1.165, 1.54) is 22.4 Å². The fourth-order valence-corrected chi connectivity index (χ4v) is 4.36. The third-order valence-corrected chi connectivity index (χ3v) is 5.95. The van der Waals surface area contributed by atoms with E-state index in [-0.39, 0.29) is 5.63 Å². The third kappa shape index (κ3) is 3.57. The lowest BCUT2D eigenvalue weighted by Crippen LogP contribution is -2.46. The Morgan fingerprint density at radius 2 is 1.68 bits per heavy atom. The van der Waals surface area contributed by atoms with Crippen molar-refractivity contribution in [1.82, 2.24) is 4.90 Å². The van der Waals surface area contributed by atoms with Crippen LogP contribution in [-0.2, 0) is 6.54 Å². The smallest absolute Gasteiger partial charge is 0.336 e. The second-order valence-corrected chi connectivity index (χ2v) is 8.03. The number of piperazine rings is 1. The Hall–Kier alpha value is -2.59. The maximum atomic E-state index is 12.1. The second kappa shape index (κ2) is 7.44. The van der Waals surface area contributed by atoms with Crippen LogP contribution in [0, 0.1) is 27.7 Å². The molecule has 4 nitrogen and oxygen atoms in total. The summed E-state index contributed by atoms with van der Waals surface area (Å²) in [5.41, 5.74) is 7.85. The van der Waals surface area contributed by atoms with E-state index in [1.807, 2.05) is 13.0 Å². The van der Waals surface area contributed by atoms with E-state index in [0.717, 1.165) is 49.2 Å². The van der Waals surface area contributed by atoms with Crippen LogP contribution >= 0.6 is 0 Å². The number of fused-ring (bicyclic) bond motifs is 1. The molecule has 0 bridgehead atoms. The van der Waals surface area contributed by atoms with Crippen LogP contribution < -0.4 is 10.5 Å². The molecule has 3 aromatic rings. The van der Waals surface area contributed by atoms with Gasteiger partial charge in [-0.3, -0.25) is 4.90 Å². The molecular weight excluding hydrogens is 348 g/mol. The van der Waals surface area contributed by atoms with Crippen LogP contribution in [0.25, 0.3) is 11.0 Å². The molecule has 0 aliphatic carbocycles. The van der Waals surface area contributed by atoms with Gasteiger partial charge in [0, 0.05) is 49.9 Å². The highest BCUT2D eigenvalue weighted by Crippen LogP contribution is 2.26. The molecule has 0 N–H and O–H groups in total. The fourth-order valence-electron chi connectivity index (χ4n) is 4.36. The van der Waals surface area contributed by atoms with Crippen LogP contribution in [0.15, 0.2) is 45.6 Å². The van der Waals surface area contributed by atoms with Crippen molar-refractivity contribution in [3.8, 4) is 0 Å². The number of benzene rings is 2. The summed E-state index contributed by atoms with van der Waals surface area (Å²) in [6.07, 6.45) is 0. The molecule has 0 spiro atoms. The predicted molar refractivity (Wildman–Crippen MR) is 115 cm³/mol. The van der Waals surface area contributed by atoms with E-state index in [4.69, 9.17) is 4.42 Å². The molecule has 1 aromatic heterocycles. The van der Waals surface area contributed by atoms with E-state index in [0.29, 0.717) is 5.58 Å². The summed E-state index contributed by atoms with van der Waals surface area (Å²) in [4.78, 5) is 17.0. The van der Waals surface area contributed by atoms with E-state index < -0.39 is 0 Å². The molecule has 1 aliphatic heterocycles. The summed E-state index contributed by atoms with van der Waals surface area (Å²) < 4.78 is 5.47. The molecule has 4 rings (SSSR count). The lowest BCUT2D eigenvalue weighted by molar-refractivity contribution is 0.250. The zero-order chi connectivity index (χ0) is 19.8. The first-order valence-electron chi connectivity index (χ1n) is 10.00. The molecule has 1 fully saturated rings. The zero-order valence-corrected chi connectivity index (χ0v) is 17.2. The van der Waals surface area contributed by atoms with Gasteiger partial charge >= 0.3 is 5.63 Å². The molecule has 0 radical (unpaired) electrons. The van der Waals surface area contributed by atoms with E-state index in [9.17, 15) is 4.79 Å². The van der Waals surface area contributed by atoms with Gasteiger partial charge in [-0.15, -0.1) is 0 Å². The highest BCUT2D eigenvalue weighted by atomic mass is 16.4. The average molecular weight is 377 g/mol. The Kier molecular flexibility index (Phi) is 4.98. The van der Waals surface area contributed by atoms with Gasteiger partial charge in [0.05, 0.1) is 0 Å². The molecule has 2 aromatic carbocycles. The number of anilines is 1. The van der Waals surface area contributed by atoms with E-state index in [2.05, 4.69) is 54.8 Å². The van der Waals surface area contributed by atoms with Crippen LogP contribution in [0.2, 0.25) is 0 Å². The van der Waals surface area contributed by atoms with Crippen molar-refractivity contribution >= 4 is 16.7 Å². The van der Waals surface area contributed by atoms with Crippen molar-refractivity contribution in [3.05, 3.63) is 74.6 Å². The zero-order valence-electron chi connectivity index (χ0n) is 17.2. The van der Waals surface area contributed by atoms with Crippen molar-refractivity contribution in [2.75, 3.05) is 31.1 Å². The van der Waals surface area contributed by atoms with Gasteiger partial charge in [-0.1, -0.05) is 18.2 Å². The lowest BCUT2D eigenvalue weighted by Gasteiger charge is -2.37. The van der Waals surface area contributed by atoms with Gasteiger partial charge in [-0.05, 0) is 67.6 Å². The third-order valence-electron chi connectivity index (χ3n) is 5.95. The van der Waals surface area contributed by atoms with Gasteiger partial charge in [0.2, 0.25) is 0 Å². The maximum Gasteiger partial charge on any atom is 0.336 e. The van der Waals surface area contributed by atoms with Crippen LogP contribution in [0.1, 0.15) is 27.8 Å². The summed E-state index contributed by atoms with van der Waals surface area (Å²) in [6.45, 7) is 13.3. The van der Waals surface area contributed by atoms with Crippen molar-refractivity contribution < 1.29 is 4.42 Å². The molecule has 1 aliphatic rings. The highest BCUT2D eigenvalue weighted by Gasteiger charge is 2.20. The monoisotopic (exact) mass is 376 g/mol. The minimum atomic E-state index is -0.262. The Balaban J connectivity index is 1.54. The number of nitrogens with zero attached hydrogens (tertiary/aromatic N) is 2. The summed E-state index contributed by atoms with van der Waals surface area (Å²) in [5, 5.41) is 1.09. The predicted octanol–water partition coefficient (Wildman–Crippen LogP) is 4.35. The molecule has 0 unspecified atom stereocenters. The number of hydrogen-bond donors (Lipinski definition) is 0. The molecule has 1 saturated heterocycles. The van der Waals surface area contributed by atoms with Crippen LogP contribution in [0.4, 0.5) is 5.69 Å². The Morgan fingerprint density at radius 1 is 0.929 bits per heavy atom. The molecule has 0 saturated carbocycles. The fraction of sp³-hybridized carbons (Fsp3) is 0.375.